The Bertz CT molecular complexity index is 348. The maximum absolute atomic E-state index is 12.6. The lowest BCUT2D eigenvalue weighted by Crippen LogP contribution is -2.54. The van der Waals surface area contributed by atoms with Crippen molar-refractivity contribution in [1.29, 1.82) is 0 Å². The molecule has 0 aromatic carbocycles. The predicted octanol–water partition coefficient (Wildman–Crippen LogP) is 1.52. The van der Waals surface area contributed by atoms with Gasteiger partial charge in [-0.15, -0.1) is 0 Å². The second-order valence-electron chi connectivity index (χ2n) is 6.19. The van der Waals surface area contributed by atoms with Crippen LogP contribution in [0.3, 0.4) is 0 Å². The molecule has 0 aromatic heterocycles. The Morgan fingerprint density at radius 2 is 2.00 bits per heavy atom. The largest absolute Gasteiger partial charge is 0.393 e. The first-order valence-electron chi connectivity index (χ1n) is 7.69. The van der Waals surface area contributed by atoms with E-state index in [-0.39, 0.29) is 31.3 Å². The molecule has 2 N–H and O–H groups in total. The first kappa shape index (κ1) is 16.5. The minimum atomic E-state index is -4.17. The number of nitrogens with zero attached hydrogens (tertiary/aromatic N) is 1. The van der Waals surface area contributed by atoms with Crippen molar-refractivity contribution in [2.24, 2.45) is 5.92 Å². The third-order valence-corrected chi connectivity index (χ3v) is 4.31. The highest BCUT2D eigenvalue weighted by Crippen LogP contribution is 2.31. The fourth-order valence-corrected chi connectivity index (χ4v) is 3.10. The van der Waals surface area contributed by atoms with Crippen LogP contribution >= 0.6 is 0 Å². The molecule has 122 valence electrons. The van der Waals surface area contributed by atoms with E-state index in [0.717, 1.165) is 19.6 Å². The van der Waals surface area contributed by atoms with Gasteiger partial charge in [0.1, 0.15) is 0 Å². The molecule has 2 rings (SSSR count). The Labute approximate surface area is 123 Å². The summed E-state index contributed by atoms with van der Waals surface area (Å²) in [6.07, 6.45) is -1.51. The quantitative estimate of drug-likeness (QED) is 0.828. The van der Waals surface area contributed by atoms with Gasteiger partial charge in [-0.1, -0.05) is 0 Å². The van der Waals surface area contributed by atoms with Crippen LogP contribution in [0.5, 0.6) is 0 Å². The number of hydrogen-bond donors (Lipinski definition) is 2. The van der Waals surface area contributed by atoms with Gasteiger partial charge >= 0.3 is 6.18 Å². The maximum atomic E-state index is 12.6. The molecule has 21 heavy (non-hydrogen) atoms. The molecule has 0 radical (unpaired) electrons. The standard InChI is InChI=1S/C14H24F3N3O/c1-10(9-20-6-2-3-7-20)19-13(21)12-5-4-11(8-18-12)14(15,16)17/h10-12,18H,2-9H2,1H3,(H,19,21). The smallest absolute Gasteiger partial charge is 0.351 e. The molecule has 2 aliphatic rings. The summed E-state index contributed by atoms with van der Waals surface area (Å²) in [5.74, 6) is -1.51. The number of alkyl halides is 3. The molecule has 2 aliphatic heterocycles. The van der Waals surface area contributed by atoms with Gasteiger partial charge in [0.05, 0.1) is 12.0 Å². The molecule has 0 bridgehead atoms. The van der Waals surface area contributed by atoms with Crippen molar-refractivity contribution >= 4 is 5.91 Å². The van der Waals surface area contributed by atoms with Gasteiger partial charge in [-0.3, -0.25) is 4.79 Å². The van der Waals surface area contributed by atoms with Crippen molar-refractivity contribution in [2.45, 2.75) is 50.9 Å². The summed E-state index contributed by atoms with van der Waals surface area (Å²) in [6.45, 7) is 4.72. The number of nitrogens with one attached hydrogen (secondary N) is 2. The summed E-state index contributed by atoms with van der Waals surface area (Å²) in [7, 11) is 0. The van der Waals surface area contributed by atoms with Crippen LogP contribution in [0.25, 0.3) is 0 Å². The highest BCUT2D eigenvalue weighted by atomic mass is 19.4. The lowest BCUT2D eigenvalue weighted by molar-refractivity contribution is -0.180. The van der Waals surface area contributed by atoms with E-state index in [4.69, 9.17) is 0 Å². The van der Waals surface area contributed by atoms with Crippen LogP contribution in [0, 0.1) is 5.92 Å². The SMILES string of the molecule is CC(CN1CCCC1)NC(=O)C1CCC(C(F)(F)F)CN1. The third-order valence-electron chi connectivity index (χ3n) is 4.31. The van der Waals surface area contributed by atoms with Gasteiger partial charge in [-0.2, -0.15) is 13.2 Å². The topological polar surface area (TPSA) is 44.4 Å². The molecule has 0 saturated carbocycles. The van der Waals surface area contributed by atoms with E-state index in [1.807, 2.05) is 6.92 Å². The first-order valence-corrected chi connectivity index (χ1v) is 7.69. The summed E-state index contributed by atoms with van der Waals surface area (Å²) >= 11 is 0. The summed E-state index contributed by atoms with van der Waals surface area (Å²) in [5.41, 5.74) is 0. The number of piperidine rings is 1. The van der Waals surface area contributed by atoms with Crippen LogP contribution < -0.4 is 10.6 Å². The average Bonchev–Trinajstić information content (AvgIpc) is 2.90. The number of carbonyl (C=O) groups is 1. The predicted molar refractivity (Wildman–Crippen MR) is 73.8 cm³/mol. The molecule has 3 atom stereocenters. The van der Waals surface area contributed by atoms with Crippen molar-refractivity contribution in [1.82, 2.24) is 15.5 Å². The van der Waals surface area contributed by atoms with Gasteiger partial charge in [0.2, 0.25) is 5.91 Å². The summed E-state index contributed by atoms with van der Waals surface area (Å²) < 4.78 is 37.7. The molecule has 0 spiro atoms. The molecule has 7 heteroatoms. The molecule has 2 heterocycles. The van der Waals surface area contributed by atoms with E-state index in [9.17, 15) is 18.0 Å². The molecule has 4 nitrogen and oxygen atoms in total. The number of likely N-dealkylation sites (tertiary alicyclic amines) is 1. The Kier molecular flexibility index (Phi) is 5.48. The molecular weight excluding hydrogens is 283 g/mol. The monoisotopic (exact) mass is 307 g/mol. The van der Waals surface area contributed by atoms with Gasteiger partial charge in [0.15, 0.2) is 0 Å². The maximum Gasteiger partial charge on any atom is 0.393 e. The Morgan fingerprint density at radius 1 is 1.33 bits per heavy atom. The van der Waals surface area contributed by atoms with E-state index >= 15 is 0 Å². The second kappa shape index (κ2) is 6.96. The zero-order chi connectivity index (χ0) is 15.5. The van der Waals surface area contributed by atoms with Gasteiger partial charge in [-0.25, -0.2) is 0 Å². The number of hydrogen-bond acceptors (Lipinski definition) is 3. The van der Waals surface area contributed by atoms with Crippen LogP contribution in [0.4, 0.5) is 13.2 Å². The van der Waals surface area contributed by atoms with Crippen molar-refractivity contribution in [3.8, 4) is 0 Å². The van der Waals surface area contributed by atoms with E-state index in [1.54, 1.807) is 0 Å². The average molecular weight is 307 g/mol. The van der Waals surface area contributed by atoms with Crippen molar-refractivity contribution in [3.05, 3.63) is 0 Å². The van der Waals surface area contributed by atoms with Gasteiger partial charge in [0.25, 0.3) is 0 Å². The highest BCUT2D eigenvalue weighted by Gasteiger charge is 2.42. The van der Waals surface area contributed by atoms with Crippen LogP contribution in [-0.4, -0.2) is 55.2 Å². The minimum Gasteiger partial charge on any atom is -0.351 e. The van der Waals surface area contributed by atoms with Gasteiger partial charge < -0.3 is 15.5 Å². The van der Waals surface area contributed by atoms with E-state index in [2.05, 4.69) is 15.5 Å². The van der Waals surface area contributed by atoms with Crippen LogP contribution in [0.2, 0.25) is 0 Å². The lowest BCUT2D eigenvalue weighted by atomic mass is 9.94. The fraction of sp³-hybridized carbons (Fsp3) is 0.929. The minimum absolute atomic E-state index is 0.0229. The van der Waals surface area contributed by atoms with E-state index in [1.165, 1.54) is 12.8 Å². The van der Waals surface area contributed by atoms with E-state index in [0.29, 0.717) is 0 Å². The third kappa shape index (κ3) is 4.85. The van der Waals surface area contributed by atoms with Crippen molar-refractivity contribution in [2.75, 3.05) is 26.2 Å². The zero-order valence-corrected chi connectivity index (χ0v) is 12.4. The first-order chi connectivity index (χ1) is 9.86. The van der Waals surface area contributed by atoms with Gasteiger partial charge in [0, 0.05) is 19.1 Å². The van der Waals surface area contributed by atoms with E-state index < -0.39 is 18.1 Å². The molecule has 2 fully saturated rings. The Morgan fingerprint density at radius 3 is 2.52 bits per heavy atom. The van der Waals surface area contributed by atoms with Crippen LogP contribution in [-0.2, 0) is 4.79 Å². The number of amides is 1. The molecule has 0 aromatic rings. The van der Waals surface area contributed by atoms with Crippen molar-refractivity contribution < 1.29 is 18.0 Å². The number of carbonyl (C=O) groups excluding carboxylic acids is 1. The second-order valence-corrected chi connectivity index (χ2v) is 6.19. The fourth-order valence-electron chi connectivity index (χ4n) is 3.10. The van der Waals surface area contributed by atoms with Gasteiger partial charge in [-0.05, 0) is 45.7 Å². The molecule has 0 aliphatic carbocycles. The van der Waals surface area contributed by atoms with Crippen LogP contribution in [0.15, 0.2) is 0 Å². The summed E-state index contributed by atoms with van der Waals surface area (Å²) in [6, 6.07) is -0.470. The normalized spacial score (nSPS) is 29.3. The zero-order valence-electron chi connectivity index (χ0n) is 12.4. The number of rotatable bonds is 4. The number of halogens is 3. The summed E-state index contributed by atoms with van der Waals surface area (Å²) in [4.78, 5) is 14.4. The molecule has 2 saturated heterocycles. The molecule has 3 unspecified atom stereocenters. The van der Waals surface area contributed by atoms with Crippen LogP contribution in [0.1, 0.15) is 32.6 Å². The highest BCUT2D eigenvalue weighted by molar-refractivity contribution is 5.82. The Balaban J connectivity index is 1.71. The molecule has 1 amide bonds. The summed E-state index contributed by atoms with van der Waals surface area (Å²) in [5, 5.41) is 5.63. The lowest BCUT2D eigenvalue weighted by Gasteiger charge is -2.31. The Hall–Kier alpha value is -0.820. The molecular formula is C14H24F3N3O. The van der Waals surface area contributed by atoms with Crippen molar-refractivity contribution in [3.63, 3.8) is 0 Å².